The summed E-state index contributed by atoms with van der Waals surface area (Å²) >= 11 is 0. The zero-order chi connectivity index (χ0) is 19.4. The molecule has 0 unspecified atom stereocenters. The molecule has 1 N–H and O–H groups in total. The van der Waals surface area contributed by atoms with E-state index in [-0.39, 0.29) is 18.4 Å². The molecule has 0 saturated carbocycles. The van der Waals surface area contributed by atoms with E-state index < -0.39 is 18.1 Å². The van der Waals surface area contributed by atoms with Crippen LogP contribution in [0, 0.1) is 5.92 Å². The molecule has 1 aliphatic carbocycles. The number of hydrogen-bond acceptors (Lipinski definition) is 4. The zero-order valence-electron chi connectivity index (χ0n) is 15.9. The summed E-state index contributed by atoms with van der Waals surface area (Å²) in [6.07, 6.45) is 0.135. The lowest BCUT2D eigenvalue weighted by Gasteiger charge is -2.22. The summed E-state index contributed by atoms with van der Waals surface area (Å²) in [6, 6.07) is 15.6. The maximum atomic E-state index is 12.3. The van der Waals surface area contributed by atoms with Crippen LogP contribution in [0.15, 0.2) is 48.5 Å². The minimum Gasteiger partial charge on any atom is -0.467 e. The van der Waals surface area contributed by atoms with Gasteiger partial charge in [0.1, 0.15) is 12.6 Å². The molecule has 2 aromatic rings. The molecule has 0 saturated heterocycles. The van der Waals surface area contributed by atoms with Gasteiger partial charge in [0.2, 0.25) is 0 Å². The summed E-state index contributed by atoms with van der Waals surface area (Å²) in [5, 5.41) is 2.65. The maximum absolute atomic E-state index is 12.3. The molecule has 3 rings (SSSR count). The molecule has 2 aromatic carbocycles. The van der Waals surface area contributed by atoms with E-state index in [0.29, 0.717) is 0 Å². The van der Waals surface area contributed by atoms with E-state index in [2.05, 4.69) is 29.6 Å². The number of ether oxygens (including phenoxy) is 2. The Balaban J connectivity index is 1.71. The molecule has 0 aromatic heterocycles. The smallest absolute Gasteiger partial charge is 0.407 e. The van der Waals surface area contributed by atoms with Crippen LogP contribution in [-0.4, -0.2) is 31.8 Å². The van der Waals surface area contributed by atoms with Crippen LogP contribution < -0.4 is 5.32 Å². The van der Waals surface area contributed by atoms with Crippen molar-refractivity contribution in [3.63, 3.8) is 0 Å². The van der Waals surface area contributed by atoms with E-state index in [4.69, 9.17) is 9.47 Å². The first-order valence-electron chi connectivity index (χ1n) is 9.26. The number of carbonyl (C=O) groups excluding carboxylic acids is 2. The van der Waals surface area contributed by atoms with Crippen molar-refractivity contribution in [2.24, 2.45) is 5.92 Å². The Labute approximate surface area is 159 Å². The number of methoxy groups -OCH3 is 1. The highest BCUT2D eigenvalue weighted by Crippen LogP contribution is 2.44. The molecule has 0 heterocycles. The molecule has 5 heteroatoms. The topological polar surface area (TPSA) is 64.6 Å². The lowest BCUT2D eigenvalue weighted by atomic mass is 9.98. The fraction of sp³-hybridized carbons (Fsp3) is 0.364. The first-order chi connectivity index (χ1) is 13.1. The first kappa shape index (κ1) is 19.0. The van der Waals surface area contributed by atoms with Crippen molar-refractivity contribution in [1.29, 1.82) is 0 Å². The average Bonchev–Trinajstić information content (AvgIpc) is 3.03. The fourth-order valence-electron chi connectivity index (χ4n) is 3.56. The molecule has 0 bridgehead atoms. The number of hydrogen-bond donors (Lipinski definition) is 1. The molecule has 142 valence electrons. The molecular weight excluding hydrogens is 342 g/mol. The van der Waals surface area contributed by atoms with Crippen LogP contribution >= 0.6 is 0 Å². The van der Waals surface area contributed by atoms with E-state index >= 15 is 0 Å². The number of rotatable bonds is 6. The normalized spacial score (nSPS) is 14.6. The summed E-state index contributed by atoms with van der Waals surface area (Å²) in [7, 11) is 1.32. The lowest BCUT2D eigenvalue weighted by Crippen LogP contribution is -2.46. The van der Waals surface area contributed by atoms with Gasteiger partial charge in [0, 0.05) is 5.92 Å². The monoisotopic (exact) mass is 367 g/mol. The predicted molar refractivity (Wildman–Crippen MR) is 103 cm³/mol. The molecule has 0 fully saturated rings. The van der Waals surface area contributed by atoms with Gasteiger partial charge in [-0.05, 0) is 28.2 Å². The summed E-state index contributed by atoms with van der Waals surface area (Å²) in [6.45, 7) is 4.07. The fourth-order valence-corrected chi connectivity index (χ4v) is 3.56. The first-order valence-corrected chi connectivity index (χ1v) is 9.26. The summed E-state index contributed by atoms with van der Waals surface area (Å²) in [4.78, 5) is 24.3. The molecule has 0 aliphatic heterocycles. The van der Waals surface area contributed by atoms with Gasteiger partial charge in [0.15, 0.2) is 0 Å². The highest BCUT2D eigenvalue weighted by molar-refractivity contribution is 5.82. The van der Waals surface area contributed by atoms with Crippen LogP contribution in [-0.2, 0) is 14.3 Å². The lowest BCUT2D eigenvalue weighted by molar-refractivity contribution is -0.144. The van der Waals surface area contributed by atoms with Crippen molar-refractivity contribution in [1.82, 2.24) is 5.32 Å². The largest absolute Gasteiger partial charge is 0.467 e. The van der Waals surface area contributed by atoms with E-state index in [1.807, 2.05) is 38.1 Å². The third-order valence-corrected chi connectivity index (χ3v) is 5.29. The van der Waals surface area contributed by atoms with Crippen LogP contribution in [0.4, 0.5) is 4.79 Å². The minimum absolute atomic E-state index is 0.0108. The highest BCUT2D eigenvalue weighted by Gasteiger charge is 2.31. The quantitative estimate of drug-likeness (QED) is 0.780. The predicted octanol–water partition coefficient (Wildman–Crippen LogP) is 4.11. The molecular formula is C22H25NO4. The number of alkyl carbamates (subject to hydrolysis) is 1. The Morgan fingerprint density at radius 3 is 2.11 bits per heavy atom. The Hall–Kier alpha value is -2.82. The van der Waals surface area contributed by atoms with Gasteiger partial charge in [0.05, 0.1) is 7.11 Å². The van der Waals surface area contributed by atoms with Crippen molar-refractivity contribution < 1.29 is 19.1 Å². The Kier molecular flexibility index (Phi) is 5.79. The number of amides is 1. The van der Waals surface area contributed by atoms with Crippen molar-refractivity contribution in [2.75, 3.05) is 13.7 Å². The second-order valence-electron chi connectivity index (χ2n) is 6.86. The second kappa shape index (κ2) is 8.25. The van der Waals surface area contributed by atoms with Crippen molar-refractivity contribution in [3.05, 3.63) is 59.7 Å². The standard InChI is InChI=1S/C22H25NO4/c1-4-14(2)20(21(24)26-3)23-22(25)27-13-19-17-11-7-5-9-15(17)16-10-6-8-12-18(16)19/h5-12,14,19-20H,4,13H2,1-3H3,(H,23,25)/t14-,20-/m1/s1. The number of nitrogens with one attached hydrogen (secondary N) is 1. The molecule has 27 heavy (non-hydrogen) atoms. The average molecular weight is 367 g/mol. The van der Waals surface area contributed by atoms with Crippen LogP contribution in [0.2, 0.25) is 0 Å². The third kappa shape index (κ3) is 3.82. The summed E-state index contributed by atoms with van der Waals surface area (Å²) < 4.78 is 10.3. The minimum atomic E-state index is -0.712. The molecule has 5 nitrogen and oxygen atoms in total. The van der Waals surface area contributed by atoms with E-state index in [1.165, 1.54) is 18.2 Å². The van der Waals surface area contributed by atoms with Gasteiger partial charge in [-0.25, -0.2) is 9.59 Å². The van der Waals surface area contributed by atoms with Gasteiger partial charge in [-0.2, -0.15) is 0 Å². The van der Waals surface area contributed by atoms with Crippen LogP contribution in [0.25, 0.3) is 11.1 Å². The van der Waals surface area contributed by atoms with Crippen LogP contribution in [0.5, 0.6) is 0 Å². The van der Waals surface area contributed by atoms with Crippen molar-refractivity contribution in [3.8, 4) is 11.1 Å². The van der Waals surface area contributed by atoms with Gasteiger partial charge < -0.3 is 14.8 Å². The molecule has 2 atom stereocenters. The molecule has 1 aliphatic rings. The molecule has 1 amide bonds. The number of fused-ring (bicyclic) bond motifs is 3. The number of esters is 1. The van der Waals surface area contributed by atoms with Gasteiger partial charge >= 0.3 is 12.1 Å². The van der Waals surface area contributed by atoms with E-state index in [9.17, 15) is 9.59 Å². The number of carbonyl (C=O) groups is 2. The van der Waals surface area contributed by atoms with Crippen LogP contribution in [0.1, 0.15) is 37.3 Å². The van der Waals surface area contributed by atoms with Gasteiger partial charge in [0.25, 0.3) is 0 Å². The van der Waals surface area contributed by atoms with Gasteiger partial charge in [-0.3, -0.25) is 0 Å². The van der Waals surface area contributed by atoms with E-state index in [1.54, 1.807) is 0 Å². The van der Waals surface area contributed by atoms with Gasteiger partial charge in [-0.1, -0.05) is 68.8 Å². The third-order valence-electron chi connectivity index (χ3n) is 5.29. The van der Waals surface area contributed by atoms with Crippen molar-refractivity contribution in [2.45, 2.75) is 32.2 Å². The van der Waals surface area contributed by atoms with Crippen molar-refractivity contribution >= 4 is 12.1 Å². The summed E-state index contributed by atoms with van der Waals surface area (Å²) in [5.74, 6) is -0.515. The zero-order valence-corrected chi connectivity index (χ0v) is 15.9. The van der Waals surface area contributed by atoms with E-state index in [0.717, 1.165) is 17.5 Å². The Morgan fingerprint density at radius 2 is 1.59 bits per heavy atom. The Bertz CT molecular complexity index is 787. The second-order valence-corrected chi connectivity index (χ2v) is 6.86. The molecule has 0 spiro atoms. The highest BCUT2D eigenvalue weighted by atomic mass is 16.6. The SMILES string of the molecule is CC[C@@H](C)[C@@H](NC(=O)OCC1c2ccccc2-c2ccccc21)C(=O)OC. The molecule has 0 radical (unpaired) electrons. The summed E-state index contributed by atoms with van der Waals surface area (Å²) in [5.41, 5.74) is 4.65. The van der Waals surface area contributed by atoms with Crippen LogP contribution in [0.3, 0.4) is 0 Å². The van der Waals surface area contributed by atoms with Gasteiger partial charge in [-0.15, -0.1) is 0 Å². The number of benzene rings is 2. The maximum Gasteiger partial charge on any atom is 0.407 e. The Morgan fingerprint density at radius 1 is 1.04 bits per heavy atom.